The highest BCUT2D eigenvalue weighted by atomic mass is 32.2. The fourth-order valence-corrected chi connectivity index (χ4v) is 3.40. The first-order chi connectivity index (χ1) is 9.94. The first kappa shape index (κ1) is 16.3. The van der Waals surface area contributed by atoms with Crippen molar-refractivity contribution in [1.29, 1.82) is 0 Å². The number of hydrogen-bond acceptors (Lipinski definition) is 4. The van der Waals surface area contributed by atoms with Crippen LogP contribution in [0.25, 0.3) is 0 Å². The van der Waals surface area contributed by atoms with Crippen molar-refractivity contribution < 1.29 is 21.9 Å². The summed E-state index contributed by atoms with van der Waals surface area (Å²) in [5.74, 6) is -2.31. The SMILES string of the molecule is NCc1cc(F)c(F)c(S(=O)(=O)NCCC2CCOC2)c1. The molecule has 21 heavy (non-hydrogen) atoms. The van der Waals surface area contributed by atoms with E-state index in [1.165, 1.54) is 0 Å². The number of hydrogen-bond donors (Lipinski definition) is 2. The summed E-state index contributed by atoms with van der Waals surface area (Å²) in [5.41, 5.74) is 5.57. The molecule has 1 fully saturated rings. The minimum absolute atomic E-state index is 0.0703. The second-order valence-corrected chi connectivity index (χ2v) is 6.75. The molecule has 1 unspecified atom stereocenters. The monoisotopic (exact) mass is 320 g/mol. The summed E-state index contributed by atoms with van der Waals surface area (Å²) in [5, 5.41) is 0. The topological polar surface area (TPSA) is 81.4 Å². The molecule has 0 spiro atoms. The summed E-state index contributed by atoms with van der Waals surface area (Å²) < 4.78 is 58.7. The summed E-state index contributed by atoms with van der Waals surface area (Å²) in [7, 11) is -4.10. The molecule has 1 aliphatic rings. The molecule has 0 aromatic heterocycles. The van der Waals surface area contributed by atoms with Crippen molar-refractivity contribution in [3.05, 3.63) is 29.3 Å². The standard InChI is InChI=1S/C13H18F2N2O3S/c14-11-5-10(7-16)6-12(13(11)15)21(18,19)17-3-1-9-2-4-20-8-9/h5-6,9,17H,1-4,7-8,16H2. The molecule has 118 valence electrons. The quantitative estimate of drug-likeness (QED) is 0.823. The molecular weight excluding hydrogens is 302 g/mol. The second kappa shape index (κ2) is 6.78. The van der Waals surface area contributed by atoms with Crippen molar-refractivity contribution in [1.82, 2.24) is 4.72 Å². The Labute approximate surface area is 122 Å². The van der Waals surface area contributed by atoms with Gasteiger partial charge in [0.15, 0.2) is 11.6 Å². The normalized spacial score (nSPS) is 19.1. The number of halogens is 2. The largest absolute Gasteiger partial charge is 0.381 e. The smallest absolute Gasteiger partial charge is 0.243 e. The molecule has 1 heterocycles. The van der Waals surface area contributed by atoms with Crippen molar-refractivity contribution in [2.75, 3.05) is 19.8 Å². The van der Waals surface area contributed by atoms with Crippen LogP contribution < -0.4 is 10.5 Å². The molecule has 3 N–H and O–H groups in total. The van der Waals surface area contributed by atoms with Crippen LogP contribution in [-0.2, 0) is 21.3 Å². The molecule has 5 nitrogen and oxygen atoms in total. The van der Waals surface area contributed by atoms with E-state index in [1.807, 2.05) is 0 Å². The molecular formula is C13H18F2N2O3S. The van der Waals surface area contributed by atoms with Crippen LogP contribution >= 0.6 is 0 Å². The van der Waals surface area contributed by atoms with Crippen molar-refractivity contribution in [2.45, 2.75) is 24.3 Å². The highest BCUT2D eigenvalue weighted by molar-refractivity contribution is 7.89. The number of benzene rings is 1. The zero-order valence-electron chi connectivity index (χ0n) is 11.4. The molecule has 0 aliphatic carbocycles. The van der Waals surface area contributed by atoms with E-state index >= 15 is 0 Å². The maximum absolute atomic E-state index is 13.7. The van der Waals surface area contributed by atoms with Gasteiger partial charge in [-0.15, -0.1) is 0 Å². The van der Waals surface area contributed by atoms with Crippen LogP contribution in [0, 0.1) is 17.6 Å². The van der Waals surface area contributed by atoms with E-state index in [0.29, 0.717) is 25.6 Å². The van der Waals surface area contributed by atoms with Crippen molar-refractivity contribution >= 4 is 10.0 Å². The van der Waals surface area contributed by atoms with E-state index in [1.54, 1.807) is 0 Å². The summed E-state index contributed by atoms with van der Waals surface area (Å²) in [6.07, 6.45) is 1.48. The van der Waals surface area contributed by atoms with Gasteiger partial charge < -0.3 is 10.5 Å². The van der Waals surface area contributed by atoms with Gasteiger partial charge in [0.05, 0.1) is 0 Å². The van der Waals surface area contributed by atoms with E-state index in [4.69, 9.17) is 10.5 Å². The van der Waals surface area contributed by atoms with Gasteiger partial charge >= 0.3 is 0 Å². The van der Waals surface area contributed by atoms with E-state index in [9.17, 15) is 17.2 Å². The highest BCUT2D eigenvalue weighted by Crippen LogP contribution is 2.20. The van der Waals surface area contributed by atoms with Crippen LogP contribution in [0.3, 0.4) is 0 Å². The van der Waals surface area contributed by atoms with Crippen LogP contribution in [0.15, 0.2) is 17.0 Å². The molecule has 1 aliphatic heterocycles. The Balaban J connectivity index is 2.09. The molecule has 8 heteroatoms. The highest BCUT2D eigenvalue weighted by Gasteiger charge is 2.23. The maximum Gasteiger partial charge on any atom is 0.243 e. The van der Waals surface area contributed by atoms with E-state index in [0.717, 1.165) is 18.6 Å². The van der Waals surface area contributed by atoms with Gasteiger partial charge in [-0.25, -0.2) is 21.9 Å². The summed E-state index contributed by atoms with van der Waals surface area (Å²) in [6, 6.07) is 1.95. The van der Waals surface area contributed by atoms with Crippen LogP contribution in [-0.4, -0.2) is 28.2 Å². The first-order valence-electron chi connectivity index (χ1n) is 6.69. The molecule has 0 bridgehead atoms. The van der Waals surface area contributed by atoms with Gasteiger partial charge in [-0.1, -0.05) is 0 Å². The maximum atomic E-state index is 13.7. The Morgan fingerprint density at radius 1 is 1.38 bits per heavy atom. The molecule has 0 amide bonds. The lowest BCUT2D eigenvalue weighted by atomic mass is 10.1. The Kier molecular flexibility index (Phi) is 5.26. The average molecular weight is 320 g/mol. The number of nitrogens with two attached hydrogens (primary N) is 1. The molecule has 0 radical (unpaired) electrons. The lowest BCUT2D eigenvalue weighted by molar-refractivity contribution is 0.184. The van der Waals surface area contributed by atoms with Crippen LogP contribution in [0.5, 0.6) is 0 Å². The molecule has 2 rings (SSSR count). The number of nitrogens with one attached hydrogen (secondary N) is 1. The van der Waals surface area contributed by atoms with Crippen LogP contribution in [0.4, 0.5) is 8.78 Å². The van der Waals surface area contributed by atoms with Gasteiger partial charge in [0, 0.05) is 26.3 Å². The number of ether oxygens (including phenoxy) is 1. The van der Waals surface area contributed by atoms with Crippen LogP contribution in [0.2, 0.25) is 0 Å². The minimum atomic E-state index is -4.10. The zero-order valence-corrected chi connectivity index (χ0v) is 12.3. The third-order valence-corrected chi connectivity index (χ3v) is 4.91. The Morgan fingerprint density at radius 3 is 2.76 bits per heavy atom. The third kappa shape index (κ3) is 3.97. The molecule has 1 aromatic rings. The van der Waals surface area contributed by atoms with Crippen molar-refractivity contribution in [2.24, 2.45) is 11.7 Å². The number of sulfonamides is 1. The minimum Gasteiger partial charge on any atom is -0.381 e. The van der Waals surface area contributed by atoms with Gasteiger partial charge in [-0.05, 0) is 36.5 Å². The van der Waals surface area contributed by atoms with E-state index in [2.05, 4.69) is 4.72 Å². The predicted octanol–water partition coefficient (Wildman–Crippen LogP) is 1.13. The van der Waals surface area contributed by atoms with Gasteiger partial charge in [-0.2, -0.15) is 0 Å². The fraction of sp³-hybridized carbons (Fsp3) is 0.538. The van der Waals surface area contributed by atoms with Gasteiger partial charge in [0.1, 0.15) is 4.90 Å². The van der Waals surface area contributed by atoms with Crippen molar-refractivity contribution in [3.8, 4) is 0 Å². The van der Waals surface area contributed by atoms with Gasteiger partial charge in [0.2, 0.25) is 10.0 Å². The average Bonchev–Trinajstić information content (AvgIpc) is 2.94. The van der Waals surface area contributed by atoms with Crippen molar-refractivity contribution in [3.63, 3.8) is 0 Å². The van der Waals surface area contributed by atoms with Crippen LogP contribution in [0.1, 0.15) is 18.4 Å². The zero-order chi connectivity index (χ0) is 15.5. The second-order valence-electron chi connectivity index (χ2n) is 5.01. The Bertz CT molecular complexity index is 602. The van der Waals surface area contributed by atoms with E-state index in [-0.39, 0.29) is 18.7 Å². The van der Waals surface area contributed by atoms with Gasteiger partial charge in [-0.3, -0.25) is 0 Å². The first-order valence-corrected chi connectivity index (χ1v) is 8.17. The molecule has 1 atom stereocenters. The predicted molar refractivity (Wildman–Crippen MR) is 73.0 cm³/mol. The Morgan fingerprint density at radius 2 is 2.14 bits per heavy atom. The van der Waals surface area contributed by atoms with E-state index < -0.39 is 26.6 Å². The molecule has 0 saturated carbocycles. The summed E-state index contributed by atoms with van der Waals surface area (Å²) in [4.78, 5) is -0.703. The van der Waals surface area contributed by atoms with Gasteiger partial charge in [0.25, 0.3) is 0 Å². The summed E-state index contributed by atoms with van der Waals surface area (Å²) >= 11 is 0. The Hall–Kier alpha value is -1.09. The lowest BCUT2D eigenvalue weighted by Crippen LogP contribution is -2.27. The molecule has 1 saturated heterocycles. The number of rotatable bonds is 6. The fourth-order valence-electron chi connectivity index (χ4n) is 2.22. The summed E-state index contributed by atoms with van der Waals surface area (Å²) in [6.45, 7) is 1.37. The molecule has 1 aromatic carbocycles. The third-order valence-electron chi connectivity index (χ3n) is 3.45. The lowest BCUT2D eigenvalue weighted by Gasteiger charge is -2.11.